The summed E-state index contributed by atoms with van der Waals surface area (Å²) in [6.07, 6.45) is 9.78. The molecule has 0 radical (unpaired) electrons. The number of hydrogen-bond acceptors (Lipinski definition) is 3. The second-order valence-corrected chi connectivity index (χ2v) is 5.96. The lowest BCUT2D eigenvalue weighted by molar-refractivity contribution is 0.478. The number of halogens is 1. The number of allylic oxidation sites excluding steroid dienone is 1. The fourth-order valence-corrected chi connectivity index (χ4v) is 3.25. The van der Waals surface area contributed by atoms with Crippen LogP contribution in [0.1, 0.15) is 57.2 Å². The average Bonchev–Trinajstić information content (AvgIpc) is 2.75. The predicted molar refractivity (Wildman–Crippen MR) is 80.9 cm³/mol. The molecule has 0 saturated heterocycles. The van der Waals surface area contributed by atoms with Crippen LogP contribution < -0.4 is 5.32 Å². The molecule has 1 aromatic heterocycles. The lowest BCUT2D eigenvalue weighted by Crippen LogP contribution is -2.25. The summed E-state index contributed by atoms with van der Waals surface area (Å²) in [6.45, 7) is 3.22. The highest BCUT2D eigenvalue weighted by Gasteiger charge is 2.21. The average molecular weight is 327 g/mol. The van der Waals surface area contributed by atoms with Gasteiger partial charge in [-0.15, -0.1) is 5.10 Å². The van der Waals surface area contributed by atoms with Gasteiger partial charge in [-0.2, -0.15) is 0 Å². The van der Waals surface area contributed by atoms with E-state index < -0.39 is 0 Å². The molecule has 1 aliphatic rings. The van der Waals surface area contributed by atoms with Crippen molar-refractivity contribution in [3.05, 3.63) is 21.9 Å². The predicted octanol–water partition coefficient (Wildman–Crippen LogP) is 3.51. The van der Waals surface area contributed by atoms with Crippen molar-refractivity contribution in [3.63, 3.8) is 0 Å². The monoisotopic (exact) mass is 326 g/mol. The van der Waals surface area contributed by atoms with E-state index in [-0.39, 0.29) is 0 Å². The van der Waals surface area contributed by atoms with E-state index in [4.69, 9.17) is 0 Å². The normalized spacial score (nSPS) is 17.3. The third kappa shape index (κ3) is 3.89. The van der Waals surface area contributed by atoms with Gasteiger partial charge in [0.25, 0.3) is 0 Å². The first-order chi connectivity index (χ1) is 9.22. The van der Waals surface area contributed by atoms with Crippen LogP contribution in [0.2, 0.25) is 0 Å². The maximum atomic E-state index is 4.11. The molecule has 1 aliphatic carbocycles. The van der Waals surface area contributed by atoms with Crippen molar-refractivity contribution in [2.24, 2.45) is 7.05 Å². The molecule has 0 aromatic carbocycles. The largest absolute Gasteiger partial charge is 0.308 e. The lowest BCUT2D eigenvalue weighted by Gasteiger charge is -2.22. The van der Waals surface area contributed by atoms with Crippen LogP contribution in [0.5, 0.6) is 0 Å². The Labute approximate surface area is 123 Å². The Morgan fingerprint density at radius 1 is 1.47 bits per heavy atom. The van der Waals surface area contributed by atoms with Gasteiger partial charge in [-0.05, 0) is 61.0 Å². The maximum absolute atomic E-state index is 4.11. The van der Waals surface area contributed by atoms with E-state index in [0.29, 0.717) is 6.04 Å². The summed E-state index contributed by atoms with van der Waals surface area (Å²) in [5.41, 5.74) is 2.73. The summed E-state index contributed by atoms with van der Waals surface area (Å²) >= 11 is 3.52. The topological polar surface area (TPSA) is 42.7 Å². The van der Waals surface area contributed by atoms with E-state index in [1.54, 1.807) is 5.57 Å². The van der Waals surface area contributed by atoms with Crippen LogP contribution in [0.15, 0.2) is 16.3 Å². The SMILES string of the molecule is CCCNC(CC1=CCCCC1)c1c(Br)nnn1C. The van der Waals surface area contributed by atoms with Gasteiger partial charge >= 0.3 is 0 Å². The second kappa shape index (κ2) is 7.20. The van der Waals surface area contributed by atoms with Crippen LogP contribution in [0, 0.1) is 0 Å². The molecule has 0 amide bonds. The van der Waals surface area contributed by atoms with Crippen LogP contribution in [0.25, 0.3) is 0 Å². The number of aryl methyl sites for hydroxylation is 1. The van der Waals surface area contributed by atoms with E-state index in [9.17, 15) is 0 Å². The highest BCUT2D eigenvalue weighted by atomic mass is 79.9. The molecule has 1 atom stereocenters. The van der Waals surface area contributed by atoms with Crippen molar-refractivity contribution in [2.45, 2.75) is 51.5 Å². The van der Waals surface area contributed by atoms with Crippen LogP contribution in [0.3, 0.4) is 0 Å². The lowest BCUT2D eigenvalue weighted by atomic mass is 9.93. The highest BCUT2D eigenvalue weighted by molar-refractivity contribution is 9.10. The zero-order chi connectivity index (χ0) is 13.7. The van der Waals surface area contributed by atoms with Gasteiger partial charge in [0, 0.05) is 7.05 Å². The molecule has 4 nitrogen and oxygen atoms in total. The summed E-state index contributed by atoms with van der Waals surface area (Å²) in [5.74, 6) is 0. The minimum Gasteiger partial charge on any atom is -0.308 e. The van der Waals surface area contributed by atoms with Gasteiger partial charge in [0.2, 0.25) is 0 Å². The molecule has 0 fully saturated rings. The van der Waals surface area contributed by atoms with Crippen LogP contribution in [0.4, 0.5) is 0 Å². The first-order valence-electron chi connectivity index (χ1n) is 7.18. The van der Waals surface area contributed by atoms with Crippen molar-refractivity contribution >= 4 is 15.9 Å². The van der Waals surface area contributed by atoms with Gasteiger partial charge in [-0.1, -0.05) is 23.8 Å². The zero-order valence-electron chi connectivity index (χ0n) is 11.8. The maximum Gasteiger partial charge on any atom is 0.153 e. The standard InChI is InChI=1S/C14H23BrN4/c1-3-9-16-12(10-11-7-5-4-6-8-11)13-14(15)17-18-19(13)2/h7,12,16H,3-6,8-10H2,1-2H3. The van der Waals surface area contributed by atoms with Crippen LogP contribution in [-0.2, 0) is 7.05 Å². The van der Waals surface area contributed by atoms with E-state index in [1.165, 1.54) is 25.7 Å². The first kappa shape index (κ1) is 14.7. The number of rotatable bonds is 6. The smallest absolute Gasteiger partial charge is 0.153 e. The molecule has 0 aliphatic heterocycles. The third-order valence-corrected chi connectivity index (χ3v) is 4.21. The van der Waals surface area contributed by atoms with Gasteiger partial charge in [0.15, 0.2) is 4.60 Å². The summed E-state index contributed by atoms with van der Waals surface area (Å²) in [7, 11) is 1.96. The molecule has 19 heavy (non-hydrogen) atoms. The number of hydrogen-bond donors (Lipinski definition) is 1. The second-order valence-electron chi connectivity index (χ2n) is 5.21. The number of aromatic nitrogens is 3. The highest BCUT2D eigenvalue weighted by Crippen LogP contribution is 2.30. The van der Waals surface area contributed by atoms with Gasteiger partial charge in [-0.3, -0.25) is 0 Å². The Morgan fingerprint density at radius 2 is 2.32 bits per heavy atom. The molecule has 0 saturated carbocycles. The summed E-state index contributed by atoms with van der Waals surface area (Å²) in [5, 5.41) is 11.8. The van der Waals surface area contributed by atoms with Gasteiger partial charge in [0.1, 0.15) is 0 Å². The van der Waals surface area contributed by atoms with Crippen LogP contribution >= 0.6 is 15.9 Å². The van der Waals surface area contributed by atoms with E-state index in [0.717, 1.165) is 29.7 Å². The molecule has 106 valence electrons. The molecule has 0 spiro atoms. The molecule has 1 N–H and O–H groups in total. The first-order valence-corrected chi connectivity index (χ1v) is 7.98. The minimum atomic E-state index is 0.304. The number of nitrogens with one attached hydrogen (secondary N) is 1. The Kier molecular flexibility index (Phi) is 5.58. The molecular formula is C14H23BrN4. The summed E-state index contributed by atoms with van der Waals surface area (Å²) in [6, 6.07) is 0.304. The van der Waals surface area contributed by atoms with E-state index in [2.05, 4.69) is 44.6 Å². The van der Waals surface area contributed by atoms with E-state index in [1.807, 2.05) is 11.7 Å². The number of nitrogens with zero attached hydrogens (tertiary/aromatic N) is 3. The Bertz CT molecular complexity index is 419. The molecular weight excluding hydrogens is 304 g/mol. The van der Waals surface area contributed by atoms with Gasteiger partial charge in [0.05, 0.1) is 11.7 Å². The molecule has 5 heteroatoms. The van der Waals surface area contributed by atoms with Gasteiger partial charge in [-0.25, -0.2) is 4.68 Å². The fraction of sp³-hybridized carbons (Fsp3) is 0.714. The fourth-order valence-electron chi connectivity index (χ4n) is 2.64. The van der Waals surface area contributed by atoms with Crippen molar-refractivity contribution in [2.75, 3.05) is 6.54 Å². The Hall–Kier alpha value is -0.680. The molecule has 0 bridgehead atoms. The molecule has 1 heterocycles. The Balaban J connectivity index is 2.13. The minimum absolute atomic E-state index is 0.304. The van der Waals surface area contributed by atoms with Crippen molar-refractivity contribution in [3.8, 4) is 0 Å². The van der Waals surface area contributed by atoms with Crippen molar-refractivity contribution in [1.82, 2.24) is 20.3 Å². The summed E-state index contributed by atoms with van der Waals surface area (Å²) in [4.78, 5) is 0. The molecule has 1 unspecified atom stereocenters. The third-order valence-electron chi connectivity index (χ3n) is 3.65. The van der Waals surface area contributed by atoms with Crippen LogP contribution in [-0.4, -0.2) is 21.5 Å². The van der Waals surface area contributed by atoms with Gasteiger partial charge < -0.3 is 5.32 Å². The van der Waals surface area contributed by atoms with Crippen molar-refractivity contribution in [1.29, 1.82) is 0 Å². The quantitative estimate of drug-likeness (QED) is 0.813. The van der Waals surface area contributed by atoms with E-state index >= 15 is 0 Å². The molecule has 2 rings (SSSR count). The Morgan fingerprint density at radius 3 is 2.89 bits per heavy atom. The van der Waals surface area contributed by atoms with Crippen molar-refractivity contribution < 1.29 is 0 Å². The molecule has 1 aromatic rings. The zero-order valence-corrected chi connectivity index (χ0v) is 13.4. The summed E-state index contributed by atoms with van der Waals surface area (Å²) < 4.78 is 2.74.